The van der Waals surface area contributed by atoms with Crippen LogP contribution in [-0.4, -0.2) is 13.2 Å². The van der Waals surface area contributed by atoms with E-state index in [-0.39, 0.29) is 6.10 Å². The standard InChI is InChI=1S/C7H13O/c1-5-4-7(5)6(2)8-3/h5-7H,2,4H2,1,3H3. The molecule has 1 radical (unpaired) electrons. The van der Waals surface area contributed by atoms with Crippen LogP contribution in [0.25, 0.3) is 0 Å². The van der Waals surface area contributed by atoms with Crippen molar-refractivity contribution in [3.05, 3.63) is 6.92 Å². The first kappa shape index (κ1) is 6.09. The predicted octanol–water partition coefficient (Wildman–Crippen LogP) is 1.49. The molecule has 0 aromatic carbocycles. The van der Waals surface area contributed by atoms with Crippen molar-refractivity contribution in [3.8, 4) is 0 Å². The van der Waals surface area contributed by atoms with Crippen LogP contribution >= 0.6 is 0 Å². The fourth-order valence-electron chi connectivity index (χ4n) is 1.04. The van der Waals surface area contributed by atoms with Crippen molar-refractivity contribution in [1.29, 1.82) is 0 Å². The molecule has 3 atom stereocenters. The van der Waals surface area contributed by atoms with Crippen molar-refractivity contribution in [3.63, 3.8) is 0 Å². The van der Waals surface area contributed by atoms with Gasteiger partial charge in [0.15, 0.2) is 0 Å². The molecule has 0 bridgehead atoms. The quantitative estimate of drug-likeness (QED) is 0.527. The van der Waals surface area contributed by atoms with Crippen molar-refractivity contribution in [2.75, 3.05) is 7.11 Å². The van der Waals surface area contributed by atoms with E-state index in [4.69, 9.17) is 4.74 Å². The van der Waals surface area contributed by atoms with Gasteiger partial charge in [0.2, 0.25) is 0 Å². The van der Waals surface area contributed by atoms with Crippen LogP contribution in [0.1, 0.15) is 13.3 Å². The Labute approximate surface area is 51.0 Å². The molecular weight excluding hydrogens is 100 g/mol. The van der Waals surface area contributed by atoms with Crippen LogP contribution in [0.2, 0.25) is 0 Å². The molecule has 0 amide bonds. The third kappa shape index (κ3) is 1.03. The Hall–Kier alpha value is -0.0400. The summed E-state index contributed by atoms with van der Waals surface area (Å²) in [5, 5.41) is 0. The van der Waals surface area contributed by atoms with E-state index < -0.39 is 0 Å². The zero-order valence-corrected chi connectivity index (χ0v) is 5.55. The van der Waals surface area contributed by atoms with Gasteiger partial charge in [0.25, 0.3) is 0 Å². The first-order chi connectivity index (χ1) is 3.75. The smallest absolute Gasteiger partial charge is 0.0603 e. The molecule has 1 heteroatoms. The lowest BCUT2D eigenvalue weighted by atomic mass is 10.2. The van der Waals surface area contributed by atoms with E-state index in [1.54, 1.807) is 7.11 Å². The van der Waals surface area contributed by atoms with Gasteiger partial charge in [-0.05, 0) is 25.2 Å². The molecule has 1 aliphatic carbocycles. The van der Waals surface area contributed by atoms with Gasteiger partial charge in [-0.2, -0.15) is 0 Å². The summed E-state index contributed by atoms with van der Waals surface area (Å²) < 4.78 is 5.03. The number of rotatable bonds is 2. The van der Waals surface area contributed by atoms with Gasteiger partial charge in [-0.3, -0.25) is 0 Å². The molecule has 0 saturated heterocycles. The lowest BCUT2D eigenvalue weighted by Crippen LogP contribution is -2.08. The second kappa shape index (κ2) is 2.06. The summed E-state index contributed by atoms with van der Waals surface area (Å²) >= 11 is 0. The molecule has 1 nitrogen and oxygen atoms in total. The highest BCUT2D eigenvalue weighted by atomic mass is 16.5. The summed E-state index contributed by atoms with van der Waals surface area (Å²) in [6.45, 7) is 6.08. The van der Waals surface area contributed by atoms with Gasteiger partial charge in [-0.15, -0.1) is 0 Å². The van der Waals surface area contributed by atoms with Crippen molar-refractivity contribution >= 4 is 0 Å². The highest BCUT2D eigenvalue weighted by Crippen LogP contribution is 2.41. The fraction of sp³-hybridized carbons (Fsp3) is 0.857. The Morgan fingerprint density at radius 3 is 2.38 bits per heavy atom. The minimum absolute atomic E-state index is 0.241. The molecule has 0 aromatic rings. The monoisotopic (exact) mass is 113 g/mol. The second-order valence-electron chi connectivity index (χ2n) is 2.65. The third-order valence-corrected chi connectivity index (χ3v) is 1.95. The van der Waals surface area contributed by atoms with E-state index >= 15 is 0 Å². The van der Waals surface area contributed by atoms with Gasteiger partial charge >= 0.3 is 0 Å². The van der Waals surface area contributed by atoms with Crippen molar-refractivity contribution in [1.82, 2.24) is 0 Å². The number of ether oxygens (including phenoxy) is 1. The molecule has 0 aliphatic heterocycles. The van der Waals surface area contributed by atoms with E-state index in [1.165, 1.54) is 6.42 Å². The predicted molar refractivity (Wildman–Crippen MR) is 33.4 cm³/mol. The molecular formula is C7H13O. The summed E-state index contributed by atoms with van der Waals surface area (Å²) in [5.41, 5.74) is 0. The summed E-state index contributed by atoms with van der Waals surface area (Å²) in [7, 11) is 1.72. The average Bonchev–Trinajstić information content (AvgIpc) is 2.45. The normalized spacial score (nSPS) is 39.4. The van der Waals surface area contributed by atoms with Crippen LogP contribution in [0.15, 0.2) is 0 Å². The maximum atomic E-state index is 5.03. The van der Waals surface area contributed by atoms with Gasteiger partial charge in [0.1, 0.15) is 0 Å². The van der Waals surface area contributed by atoms with E-state index in [0.29, 0.717) is 0 Å². The Kier molecular flexibility index (Phi) is 1.57. The molecule has 8 heavy (non-hydrogen) atoms. The molecule has 47 valence electrons. The minimum Gasteiger partial charge on any atom is -0.381 e. The largest absolute Gasteiger partial charge is 0.381 e. The maximum absolute atomic E-state index is 5.03. The van der Waals surface area contributed by atoms with Crippen LogP contribution in [0.5, 0.6) is 0 Å². The fourth-order valence-corrected chi connectivity index (χ4v) is 1.04. The molecule has 0 spiro atoms. The van der Waals surface area contributed by atoms with Crippen LogP contribution in [0, 0.1) is 18.8 Å². The maximum Gasteiger partial charge on any atom is 0.0603 e. The topological polar surface area (TPSA) is 9.23 Å². The van der Waals surface area contributed by atoms with Crippen molar-refractivity contribution < 1.29 is 4.74 Å². The van der Waals surface area contributed by atoms with Crippen molar-refractivity contribution in [2.24, 2.45) is 11.8 Å². The third-order valence-electron chi connectivity index (χ3n) is 1.95. The molecule has 0 heterocycles. The van der Waals surface area contributed by atoms with E-state index in [0.717, 1.165) is 11.8 Å². The SMILES string of the molecule is [CH2]C(OC)C1CC1C. The molecule has 0 N–H and O–H groups in total. The number of hydrogen-bond acceptors (Lipinski definition) is 1. The molecule has 1 fully saturated rings. The molecule has 3 unspecified atom stereocenters. The first-order valence-corrected chi connectivity index (χ1v) is 3.11. The van der Waals surface area contributed by atoms with E-state index in [9.17, 15) is 0 Å². The van der Waals surface area contributed by atoms with Crippen LogP contribution in [-0.2, 0) is 4.74 Å². The number of hydrogen-bond donors (Lipinski definition) is 0. The van der Waals surface area contributed by atoms with E-state index in [1.807, 2.05) is 0 Å². The highest BCUT2D eigenvalue weighted by molar-refractivity contribution is 4.89. The molecule has 0 aromatic heterocycles. The zero-order valence-electron chi connectivity index (χ0n) is 5.55. The van der Waals surface area contributed by atoms with Crippen LogP contribution in [0.3, 0.4) is 0 Å². The van der Waals surface area contributed by atoms with Gasteiger partial charge in [0, 0.05) is 7.11 Å². The summed E-state index contributed by atoms with van der Waals surface area (Å²) in [5.74, 6) is 1.61. The minimum atomic E-state index is 0.241. The van der Waals surface area contributed by atoms with Crippen LogP contribution < -0.4 is 0 Å². The molecule has 1 saturated carbocycles. The average molecular weight is 113 g/mol. The lowest BCUT2D eigenvalue weighted by molar-refractivity contribution is 0.117. The first-order valence-electron chi connectivity index (χ1n) is 3.11. The highest BCUT2D eigenvalue weighted by Gasteiger charge is 2.37. The van der Waals surface area contributed by atoms with Gasteiger partial charge in [-0.25, -0.2) is 0 Å². The summed E-state index contributed by atoms with van der Waals surface area (Å²) in [4.78, 5) is 0. The van der Waals surface area contributed by atoms with Gasteiger partial charge in [-0.1, -0.05) is 6.92 Å². The van der Waals surface area contributed by atoms with Gasteiger partial charge < -0.3 is 4.74 Å². The Morgan fingerprint density at radius 2 is 2.25 bits per heavy atom. The Bertz CT molecular complexity index is 78.5. The Morgan fingerprint density at radius 1 is 1.75 bits per heavy atom. The van der Waals surface area contributed by atoms with Crippen molar-refractivity contribution in [2.45, 2.75) is 19.4 Å². The summed E-state index contributed by atoms with van der Waals surface area (Å²) in [6, 6.07) is 0. The van der Waals surface area contributed by atoms with Crippen LogP contribution in [0.4, 0.5) is 0 Å². The van der Waals surface area contributed by atoms with Gasteiger partial charge in [0.05, 0.1) is 6.10 Å². The number of methoxy groups -OCH3 is 1. The Balaban J connectivity index is 2.18. The molecule has 1 aliphatic rings. The van der Waals surface area contributed by atoms with E-state index in [2.05, 4.69) is 13.8 Å². The zero-order chi connectivity index (χ0) is 6.15. The lowest BCUT2D eigenvalue weighted by Gasteiger charge is -2.05. The molecule has 1 rings (SSSR count). The second-order valence-corrected chi connectivity index (χ2v) is 2.65. The summed E-state index contributed by atoms with van der Waals surface area (Å²) in [6.07, 6.45) is 1.55.